The summed E-state index contributed by atoms with van der Waals surface area (Å²) in [5, 5.41) is 11.5. The lowest BCUT2D eigenvalue weighted by molar-refractivity contribution is -0.132. The first-order valence-corrected chi connectivity index (χ1v) is 11.9. The van der Waals surface area contributed by atoms with E-state index in [-0.39, 0.29) is 21.3 Å². The second-order valence-corrected chi connectivity index (χ2v) is 9.32. The Hall–Kier alpha value is -4.18. The minimum absolute atomic E-state index is 0.0898. The van der Waals surface area contributed by atoms with Crippen molar-refractivity contribution in [2.75, 3.05) is 25.2 Å². The number of rotatable bonds is 4. The number of esters is 1. The van der Waals surface area contributed by atoms with E-state index >= 15 is 0 Å². The third kappa shape index (κ3) is 3.89. The van der Waals surface area contributed by atoms with Crippen LogP contribution in [0.25, 0.3) is 5.76 Å². The van der Waals surface area contributed by atoms with E-state index in [2.05, 4.69) is 4.98 Å². The third-order valence-corrected chi connectivity index (χ3v) is 7.15. The molecule has 0 bridgehead atoms. The molecule has 10 heteroatoms. The SMILES string of the molecule is COC(=O)c1sc(N2C(=O)C(=O)C(=C(O)c3ccc4c(c3)OCCO4)[C@H]2c2ccc(C)cc2)nc1C. The van der Waals surface area contributed by atoms with Gasteiger partial charge >= 0.3 is 11.9 Å². The Morgan fingerprint density at radius 3 is 2.47 bits per heavy atom. The van der Waals surface area contributed by atoms with Crippen LogP contribution in [-0.2, 0) is 14.3 Å². The van der Waals surface area contributed by atoms with Gasteiger partial charge in [0.2, 0.25) is 0 Å². The molecule has 9 nitrogen and oxygen atoms in total. The number of aryl methyl sites for hydroxylation is 2. The number of aromatic nitrogens is 1. The number of carbonyl (C=O) groups is 3. The van der Waals surface area contributed by atoms with Gasteiger partial charge in [0.15, 0.2) is 16.6 Å². The Bertz CT molecular complexity index is 1420. The van der Waals surface area contributed by atoms with Crippen molar-refractivity contribution in [3.63, 3.8) is 0 Å². The summed E-state index contributed by atoms with van der Waals surface area (Å²) in [6.07, 6.45) is 0. The van der Waals surface area contributed by atoms with Gasteiger partial charge in [0.05, 0.1) is 24.4 Å². The Kier molecular flexibility index (Phi) is 5.97. The van der Waals surface area contributed by atoms with Crippen molar-refractivity contribution in [2.24, 2.45) is 0 Å². The highest BCUT2D eigenvalue weighted by Crippen LogP contribution is 2.44. The minimum Gasteiger partial charge on any atom is -0.507 e. The summed E-state index contributed by atoms with van der Waals surface area (Å²) >= 11 is 0.951. The van der Waals surface area contributed by atoms with E-state index in [0.717, 1.165) is 16.9 Å². The summed E-state index contributed by atoms with van der Waals surface area (Å²) < 4.78 is 16.0. The maximum absolute atomic E-state index is 13.3. The molecular formula is C26H22N2O7S. The van der Waals surface area contributed by atoms with E-state index in [1.165, 1.54) is 12.0 Å². The fourth-order valence-corrected chi connectivity index (χ4v) is 5.22. The Balaban J connectivity index is 1.68. The van der Waals surface area contributed by atoms with E-state index in [4.69, 9.17) is 14.2 Å². The largest absolute Gasteiger partial charge is 0.507 e. The van der Waals surface area contributed by atoms with E-state index in [1.54, 1.807) is 37.3 Å². The Labute approximate surface area is 210 Å². The summed E-state index contributed by atoms with van der Waals surface area (Å²) in [7, 11) is 1.26. The van der Waals surface area contributed by atoms with Crippen molar-refractivity contribution >= 4 is 39.9 Å². The molecule has 0 radical (unpaired) electrons. The normalized spacial score (nSPS) is 18.4. The molecule has 1 amide bonds. The maximum atomic E-state index is 13.3. The third-order valence-electron chi connectivity index (χ3n) is 6.02. The molecule has 2 aliphatic heterocycles. The van der Waals surface area contributed by atoms with Crippen molar-refractivity contribution in [1.29, 1.82) is 0 Å². The average molecular weight is 507 g/mol. The van der Waals surface area contributed by atoms with Crippen molar-refractivity contribution in [3.8, 4) is 11.5 Å². The van der Waals surface area contributed by atoms with Crippen molar-refractivity contribution < 1.29 is 33.7 Å². The molecule has 36 heavy (non-hydrogen) atoms. The van der Waals surface area contributed by atoms with Gasteiger partial charge in [-0.25, -0.2) is 9.78 Å². The van der Waals surface area contributed by atoms with E-state index in [9.17, 15) is 19.5 Å². The second-order valence-electron chi connectivity index (χ2n) is 8.34. The Morgan fingerprint density at radius 1 is 1.08 bits per heavy atom. The number of carbonyl (C=O) groups excluding carboxylic acids is 3. The molecular weight excluding hydrogens is 484 g/mol. The number of amides is 1. The number of aliphatic hydroxyl groups is 1. The number of fused-ring (bicyclic) bond motifs is 1. The van der Waals surface area contributed by atoms with Gasteiger partial charge in [-0.05, 0) is 37.6 Å². The number of Topliss-reactive ketones (excluding diaryl/α,β-unsaturated/α-hetero) is 1. The highest BCUT2D eigenvalue weighted by atomic mass is 32.1. The first-order chi connectivity index (χ1) is 17.3. The van der Waals surface area contributed by atoms with Crippen molar-refractivity contribution in [3.05, 3.63) is 75.3 Å². The topological polar surface area (TPSA) is 115 Å². The molecule has 0 saturated carbocycles. The number of ether oxygens (including phenoxy) is 3. The van der Waals surface area contributed by atoms with Gasteiger partial charge in [0.1, 0.15) is 23.9 Å². The van der Waals surface area contributed by atoms with Gasteiger partial charge in [0, 0.05) is 5.56 Å². The average Bonchev–Trinajstić information content (AvgIpc) is 3.40. The highest BCUT2D eigenvalue weighted by Gasteiger charge is 2.48. The van der Waals surface area contributed by atoms with E-state index in [1.807, 2.05) is 19.1 Å². The molecule has 1 fully saturated rings. The Morgan fingerprint density at radius 2 is 1.78 bits per heavy atom. The lowest BCUT2D eigenvalue weighted by atomic mass is 9.94. The molecule has 1 aromatic heterocycles. The van der Waals surface area contributed by atoms with Crippen molar-refractivity contribution in [1.82, 2.24) is 4.98 Å². The van der Waals surface area contributed by atoms with Crippen LogP contribution in [0.15, 0.2) is 48.0 Å². The molecule has 3 aromatic rings. The van der Waals surface area contributed by atoms with Crippen LogP contribution in [0.4, 0.5) is 5.13 Å². The van der Waals surface area contributed by atoms with Gasteiger partial charge in [-0.15, -0.1) is 0 Å². The quantitative estimate of drug-likeness (QED) is 0.245. The molecule has 0 aliphatic carbocycles. The number of anilines is 1. The smallest absolute Gasteiger partial charge is 0.350 e. The van der Waals surface area contributed by atoms with Crippen LogP contribution in [0.2, 0.25) is 0 Å². The van der Waals surface area contributed by atoms with Gasteiger partial charge in [0.25, 0.3) is 5.78 Å². The van der Waals surface area contributed by atoms with Crippen LogP contribution >= 0.6 is 11.3 Å². The number of ketones is 1. The molecule has 0 unspecified atom stereocenters. The van der Waals surface area contributed by atoms with Crippen LogP contribution in [0, 0.1) is 13.8 Å². The zero-order chi connectivity index (χ0) is 25.6. The summed E-state index contributed by atoms with van der Waals surface area (Å²) in [5.41, 5.74) is 2.18. The van der Waals surface area contributed by atoms with Gasteiger partial charge in [-0.2, -0.15) is 0 Å². The zero-order valence-corrected chi connectivity index (χ0v) is 20.5. The first kappa shape index (κ1) is 23.6. The zero-order valence-electron chi connectivity index (χ0n) is 19.7. The number of benzene rings is 2. The molecule has 0 spiro atoms. The fraction of sp³-hybridized carbons (Fsp3) is 0.231. The molecule has 3 heterocycles. The van der Waals surface area contributed by atoms with E-state index in [0.29, 0.717) is 41.5 Å². The highest BCUT2D eigenvalue weighted by molar-refractivity contribution is 7.17. The fourth-order valence-electron chi connectivity index (χ4n) is 4.21. The lowest BCUT2D eigenvalue weighted by Gasteiger charge is -2.23. The summed E-state index contributed by atoms with van der Waals surface area (Å²) in [6, 6.07) is 11.1. The standard InChI is InChI=1S/C26H22N2O7S/c1-13-4-6-15(7-5-13)20-19(21(29)16-8-9-17-18(12-16)35-11-10-34-17)22(30)24(31)28(20)26-27-14(2)23(36-26)25(32)33-3/h4-9,12,20,29H,10-11H2,1-3H3/t20-/m1/s1. The lowest BCUT2D eigenvalue weighted by Crippen LogP contribution is -2.29. The summed E-state index contributed by atoms with van der Waals surface area (Å²) in [4.78, 5) is 44.7. The van der Waals surface area contributed by atoms with Gasteiger partial charge < -0.3 is 19.3 Å². The van der Waals surface area contributed by atoms with Crippen molar-refractivity contribution in [2.45, 2.75) is 19.9 Å². The minimum atomic E-state index is -0.963. The second kappa shape index (κ2) is 9.12. The van der Waals surface area contributed by atoms with Crippen LogP contribution < -0.4 is 14.4 Å². The molecule has 2 aromatic carbocycles. The number of thiazole rings is 1. The first-order valence-electron chi connectivity index (χ1n) is 11.1. The molecule has 1 saturated heterocycles. The van der Waals surface area contributed by atoms with Crippen LogP contribution in [0.1, 0.15) is 38.1 Å². The van der Waals surface area contributed by atoms with Crippen LogP contribution in [0.3, 0.4) is 0 Å². The molecule has 2 aliphatic rings. The number of methoxy groups -OCH3 is 1. The van der Waals surface area contributed by atoms with E-state index < -0.39 is 23.7 Å². The summed E-state index contributed by atoms with van der Waals surface area (Å²) in [5.74, 6) is -1.69. The van der Waals surface area contributed by atoms with Gasteiger partial charge in [-0.1, -0.05) is 41.2 Å². The van der Waals surface area contributed by atoms with Gasteiger partial charge in [-0.3, -0.25) is 14.5 Å². The number of hydrogen-bond donors (Lipinski definition) is 1. The number of hydrogen-bond acceptors (Lipinski definition) is 9. The number of nitrogens with zero attached hydrogens (tertiary/aromatic N) is 2. The monoisotopic (exact) mass is 506 g/mol. The van der Waals surface area contributed by atoms with Crippen LogP contribution in [0.5, 0.6) is 11.5 Å². The maximum Gasteiger partial charge on any atom is 0.350 e. The molecule has 1 atom stereocenters. The predicted octanol–water partition coefficient (Wildman–Crippen LogP) is 3.94. The number of aliphatic hydroxyl groups excluding tert-OH is 1. The molecule has 1 N–H and O–H groups in total. The van der Waals surface area contributed by atoms with Crippen LogP contribution in [-0.4, -0.2) is 48.1 Å². The summed E-state index contributed by atoms with van der Waals surface area (Å²) in [6.45, 7) is 4.32. The molecule has 184 valence electrons. The predicted molar refractivity (Wildman–Crippen MR) is 132 cm³/mol. The molecule has 5 rings (SSSR count).